The van der Waals surface area contributed by atoms with Gasteiger partial charge in [-0.3, -0.25) is 9.59 Å². The van der Waals surface area contributed by atoms with Crippen LogP contribution in [0.1, 0.15) is 74.1 Å². The Hall–Kier alpha value is -1.02. The van der Waals surface area contributed by atoms with Gasteiger partial charge in [-0.2, -0.15) is 0 Å². The van der Waals surface area contributed by atoms with Crippen LogP contribution < -0.4 is 0 Å². The Labute approximate surface area is 172 Å². The number of rotatable bonds is 2. The summed E-state index contributed by atoms with van der Waals surface area (Å²) in [4.78, 5) is 25.6. The summed E-state index contributed by atoms with van der Waals surface area (Å²) in [5, 5.41) is 34.8. The number of hydrogen-bond acceptors (Lipinski definition) is 7. The highest BCUT2D eigenvalue weighted by Gasteiger charge is 2.81. The lowest BCUT2D eigenvalue weighted by molar-refractivity contribution is -0.375. The number of hydrogen-bond donors (Lipinski definition) is 3. The number of esters is 1. The molecule has 166 valence electrons. The van der Waals surface area contributed by atoms with E-state index >= 15 is 0 Å². The number of fused-ring (bicyclic) bond motifs is 3. The zero-order valence-electron chi connectivity index (χ0n) is 18.6. The maximum Gasteiger partial charge on any atom is 0.303 e. The molecule has 7 nitrogen and oxygen atoms in total. The van der Waals surface area contributed by atoms with E-state index in [0.29, 0.717) is 19.3 Å². The van der Waals surface area contributed by atoms with Crippen LogP contribution in [0.3, 0.4) is 0 Å². The number of carbonyl (C=O) groups is 2. The summed E-state index contributed by atoms with van der Waals surface area (Å²) in [6.45, 7) is 12.0. The van der Waals surface area contributed by atoms with Gasteiger partial charge in [0.2, 0.25) is 0 Å². The molecule has 8 atom stereocenters. The fourth-order valence-electron chi connectivity index (χ4n) is 6.79. The lowest BCUT2D eigenvalue weighted by Crippen LogP contribution is -2.86. The molecular formula is C22H36O7. The topological polar surface area (TPSA) is 113 Å². The number of ketones is 1. The molecule has 0 unspecified atom stereocenters. The second kappa shape index (κ2) is 6.49. The number of aliphatic hydroxyl groups excluding tert-OH is 2. The predicted molar refractivity (Wildman–Crippen MR) is 105 cm³/mol. The fraction of sp³-hybridized carbons (Fsp3) is 0.909. The van der Waals surface area contributed by atoms with E-state index in [9.17, 15) is 24.9 Å². The van der Waals surface area contributed by atoms with Gasteiger partial charge < -0.3 is 24.8 Å². The third-order valence-electron chi connectivity index (χ3n) is 8.37. The number of carbonyl (C=O) groups excluding carboxylic acids is 2. The van der Waals surface area contributed by atoms with Crippen molar-refractivity contribution < 1.29 is 34.4 Å². The van der Waals surface area contributed by atoms with E-state index in [0.717, 1.165) is 0 Å². The predicted octanol–water partition coefficient (Wildman–Crippen LogP) is 1.74. The van der Waals surface area contributed by atoms with E-state index in [1.165, 1.54) is 13.8 Å². The van der Waals surface area contributed by atoms with E-state index in [1.807, 2.05) is 20.8 Å². The molecule has 1 aliphatic heterocycles. The van der Waals surface area contributed by atoms with E-state index in [4.69, 9.17) is 9.47 Å². The third kappa shape index (κ3) is 2.70. The van der Waals surface area contributed by atoms with Crippen molar-refractivity contribution in [2.45, 2.75) is 109 Å². The number of ether oxygens (including phenoxy) is 2. The number of aliphatic hydroxyl groups is 3. The Kier molecular flexibility index (Phi) is 5.07. The molecule has 3 N–H and O–H groups in total. The summed E-state index contributed by atoms with van der Waals surface area (Å²) >= 11 is 0. The molecule has 0 spiro atoms. The summed E-state index contributed by atoms with van der Waals surface area (Å²) in [5.41, 5.74) is -6.59. The molecule has 2 aliphatic carbocycles. The van der Waals surface area contributed by atoms with Gasteiger partial charge in [0, 0.05) is 24.7 Å². The minimum absolute atomic E-state index is 0.0199. The van der Waals surface area contributed by atoms with E-state index in [2.05, 4.69) is 0 Å². The third-order valence-corrected chi connectivity index (χ3v) is 8.37. The second-order valence-electron chi connectivity index (χ2n) is 10.6. The van der Waals surface area contributed by atoms with Gasteiger partial charge in [0.25, 0.3) is 0 Å². The largest absolute Gasteiger partial charge is 0.457 e. The van der Waals surface area contributed by atoms with Crippen LogP contribution in [0.5, 0.6) is 0 Å². The highest BCUT2D eigenvalue weighted by Crippen LogP contribution is 2.67. The maximum absolute atomic E-state index is 13.6. The van der Waals surface area contributed by atoms with Crippen LogP contribution in [0, 0.1) is 16.7 Å². The highest BCUT2D eigenvalue weighted by atomic mass is 16.6. The SMILES string of the molecule is CC[C@@]1(C)CC(=O)[C@]2(O)[C@@]3(C)[C@@H](O)CCC(C)(C)[C@@H]3[C@H](O)[C@H](OC(C)=O)[C@@]2(C)O1. The first-order valence-electron chi connectivity index (χ1n) is 10.6. The first-order valence-corrected chi connectivity index (χ1v) is 10.6. The Bertz CT molecular complexity index is 720. The summed E-state index contributed by atoms with van der Waals surface area (Å²) < 4.78 is 11.9. The average molecular weight is 413 g/mol. The quantitative estimate of drug-likeness (QED) is 0.592. The van der Waals surface area contributed by atoms with Gasteiger partial charge in [0.05, 0.1) is 17.8 Å². The van der Waals surface area contributed by atoms with Gasteiger partial charge >= 0.3 is 5.97 Å². The van der Waals surface area contributed by atoms with Crippen molar-refractivity contribution in [2.75, 3.05) is 0 Å². The van der Waals surface area contributed by atoms with Crippen molar-refractivity contribution in [2.24, 2.45) is 16.7 Å². The van der Waals surface area contributed by atoms with Crippen molar-refractivity contribution in [3.63, 3.8) is 0 Å². The van der Waals surface area contributed by atoms with Gasteiger partial charge in [-0.15, -0.1) is 0 Å². The van der Waals surface area contributed by atoms with Gasteiger partial charge in [-0.1, -0.05) is 27.7 Å². The summed E-state index contributed by atoms with van der Waals surface area (Å²) in [5.74, 6) is -1.75. The monoisotopic (exact) mass is 412 g/mol. The molecule has 0 aromatic carbocycles. The van der Waals surface area contributed by atoms with Crippen LogP contribution in [-0.4, -0.2) is 62.2 Å². The van der Waals surface area contributed by atoms with Crippen LogP contribution in [-0.2, 0) is 19.1 Å². The molecule has 1 saturated heterocycles. The van der Waals surface area contributed by atoms with Crippen LogP contribution in [0.2, 0.25) is 0 Å². The normalized spacial score (nSPS) is 51.7. The maximum atomic E-state index is 13.6. The standard InChI is InChI=1S/C22H36O7/c1-8-19(5)11-14(25)22(27)20(6)13(24)9-10-18(3,4)16(20)15(26)17(28-12(2)23)21(22,7)29-19/h13,15-17,24,26-27H,8-11H2,1-7H3/t13-,15-,16-,17-,19-,20-,21+,22-/m0/s1. The lowest BCUT2D eigenvalue weighted by Gasteiger charge is -2.71. The molecule has 1 heterocycles. The Morgan fingerprint density at radius 3 is 2.31 bits per heavy atom. The van der Waals surface area contributed by atoms with Gasteiger partial charge in [-0.05, 0) is 38.5 Å². The van der Waals surface area contributed by atoms with Gasteiger partial charge in [-0.25, -0.2) is 0 Å². The average Bonchev–Trinajstić information content (AvgIpc) is 2.59. The van der Waals surface area contributed by atoms with Crippen molar-refractivity contribution in [3.05, 3.63) is 0 Å². The summed E-state index contributed by atoms with van der Waals surface area (Å²) in [6.07, 6.45) is -2.01. The smallest absolute Gasteiger partial charge is 0.303 e. The molecule has 0 bridgehead atoms. The summed E-state index contributed by atoms with van der Waals surface area (Å²) in [7, 11) is 0. The van der Waals surface area contributed by atoms with Crippen LogP contribution in [0.4, 0.5) is 0 Å². The van der Waals surface area contributed by atoms with Gasteiger partial charge in [0.1, 0.15) is 5.60 Å². The molecule has 0 amide bonds. The molecule has 0 aromatic rings. The number of Topliss-reactive ketones (excluding diaryl/α,β-unsaturated/α-hetero) is 1. The fourth-order valence-corrected chi connectivity index (χ4v) is 6.79. The first-order chi connectivity index (χ1) is 13.1. The van der Waals surface area contributed by atoms with Crippen molar-refractivity contribution >= 4 is 11.8 Å². The Balaban J connectivity index is 2.31. The van der Waals surface area contributed by atoms with Crippen molar-refractivity contribution in [1.29, 1.82) is 0 Å². The van der Waals surface area contributed by atoms with Crippen molar-refractivity contribution in [3.8, 4) is 0 Å². The second-order valence-corrected chi connectivity index (χ2v) is 10.6. The van der Waals surface area contributed by atoms with Crippen LogP contribution >= 0.6 is 0 Å². The molecule has 3 fully saturated rings. The zero-order chi connectivity index (χ0) is 22.2. The molecule has 7 heteroatoms. The minimum atomic E-state index is -2.13. The van der Waals surface area contributed by atoms with E-state index in [-0.39, 0.29) is 6.42 Å². The molecule has 0 radical (unpaired) electrons. The van der Waals surface area contributed by atoms with E-state index in [1.54, 1.807) is 13.8 Å². The van der Waals surface area contributed by atoms with Crippen LogP contribution in [0.25, 0.3) is 0 Å². The van der Waals surface area contributed by atoms with Crippen molar-refractivity contribution in [1.82, 2.24) is 0 Å². The lowest BCUT2D eigenvalue weighted by atomic mass is 9.39. The molecule has 29 heavy (non-hydrogen) atoms. The van der Waals surface area contributed by atoms with Gasteiger partial charge in [0.15, 0.2) is 17.5 Å². The Morgan fingerprint density at radius 2 is 1.79 bits per heavy atom. The Morgan fingerprint density at radius 1 is 1.21 bits per heavy atom. The summed E-state index contributed by atoms with van der Waals surface area (Å²) in [6, 6.07) is 0. The van der Waals surface area contributed by atoms with E-state index < -0.39 is 63.6 Å². The first kappa shape index (κ1) is 22.7. The molecule has 3 aliphatic rings. The molecular weight excluding hydrogens is 376 g/mol. The van der Waals surface area contributed by atoms with Crippen LogP contribution in [0.15, 0.2) is 0 Å². The highest BCUT2D eigenvalue weighted by molar-refractivity contribution is 5.92. The zero-order valence-corrected chi connectivity index (χ0v) is 18.6. The molecule has 2 saturated carbocycles. The minimum Gasteiger partial charge on any atom is -0.457 e. The molecule has 3 rings (SSSR count). The molecule has 0 aromatic heterocycles.